The third kappa shape index (κ3) is 19.0. The summed E-state index contributed by atoms with van der Waals surface area (Å²) in [7, 11) is 0. The van der Waals surface area contributed by atoms with Crippen LogP contribution in [0.2, 0.25) is 0 Å². The van der Waals surface area contributed by atoms with Crippen molar-refractivity contribution in [2.75, 3.05) is 0 Å². The van der Waals surface area contributed by atoms with Crippen molar-refractivity contribution in [3.05, 3.63) is 35.4 Å². The van der Waals surface area contributed by atoms with Gasteiger partial charge in [0, 0.05) is 5.54 Å². The summed E-state index contributed by atoms with van der Waals surface area (Å²) >= 11 is 0. The van der Waals surface area contributed by atoms with Gasteiger partial charge in [-0.05, 0) is 37.8 Å². The summed E-state index contributed by atoms with van der Waals surface area (Å²) < 4.78 is 0. The van der Waals surface area contributed by atoms with Crippen LogP contribution in [0.3, 0.4) is 0 Å². The summed E-state index contributed by atoms with van der Waals surface area (Å²) in [5.41, 5.74) is 8.84. The normalized spacial score (nSPS) is 12.0. The van der Waals surface area contributed by atoms with Crippen molar-refractivity contribution < 1.29 is 24.9 Å². The Morgan fingerprint density at radius 2 is 1.23 bits per heavy atom. The summed E-state index contributed by atoms with van der Waals surface area (Å²) in [6.07, 6.45) is 18.5. The summed E-state index contributed by atoms with van der Waals surface area (Å²) in [6, 6.07) is 8.71. The lowest BCUT2D eigenvalue weighted by molar-refractivity contribution is -0.152. The van der Waals surface area contributed by atoms with Crippen LogP contribution in [0, 0.1) is 0 Å². The number of hydrogen-bond acceptors (Lipinski definition) is 4. The molecule has 0 aromatic heterocycles. The molecule has 6 heteroatoms. The molecule has 5 N–H and O–H groups in total. The predicted molar refractivity (Wildman–Crippen MR) is 144 cm³/mol. The highest BCUT2D eigenvalue weighted by atomic mass is 16.4. The molecule has 1 rings (SSSR count). The third-order valence-corrected chi connectivity index (χ3v) is 6.16. The van der Waals surface area contributed by atoms with Gasteiger partial charge in [0.25, 0.3) is 0 Å². The van der Waals surface area contributed by atoms with Gasteiger partial charge in [0.2, 0.25) is 0 Å². The van der Waals surface area contributed by atoms with Crippen LogP contribution in [0.25, 0.3) is 0 Å². The molecular weight excluding hydrogens is 442 g/mol. The van der Waals surface area contributed by atoms with Crippen molar-refractivity contribution >= 4 is 11.9 Å². The fourth-order valence-corrected chi connectivity index (χ4v) is 4.13. The second-order valence-electron chi connectivity index (χ2n) is 10.2. The quantitative estimate of drug-likeness (QED) is 0.157. The Hall–Kier alpha value is -1.92. The van der Waals surface area contributed by atoms with Crippen LogP contribution in [0.5, 0.6) is 0 Å². The average molecular weight is 494 g/mol. The minimum atomic E-state index is -1.79. The first kappa shape index (κ1) is 33.1. The highest BCUT2D eigenvalue weighted by Gasteiger charge is 2.17. The second-order valence-corrected chi connectivity index (χ2v) is 10.2. The van der Waals surface area contributed by atoms with Crippen molar-refractivity contribution in [2.45, 2.75) is 135 Å². The monoisotopic (exact) mass is 493 g/mol. The number of rotatable bonds is 19. The molecule has 0 aliphatic rings. The van der Waals surface area contributed by atoms with E-state index in [1.54, 1.807) is 0 Å². The molecule has 0 heterocycles. The maximum Gasteiger partial charge on any atom is 0.333 e. The molecule has 0 saturated heterocycles. The Morgan fingerprint density at radius 1 is 0.800 bits per heavy atom. The minimum Gasteiger partial charge on any atom is -0.481 e. The van der Waals surface area contributed by atoms with Gasteiger partial charge in [-0.15, -0.1) is 0 Å². The van der Waals surface area contributed by atoms with Crippen LogP contribution in [0.15, 0.2) is 24.3 Å². The van der Waals surface area contributed by atoms with E-state index in [2.05, 4.69) is 45.0 Å². The van der Waals surface area contributed by atoms with Gasteiger partial charge in [-0.2, -0.15) is 0 Å². The molecule has 0 radical (unpaired) electrons. The Kier molecular flexibility index (Phi) is 19.2. The molecule has 1 unspecified atom stereocenters. The van der Waals surface area contributed by atoms with E-state index in [1.807, 2.05) is 0 Å². The Morgan fingerprint density at radius 3 is 1.60 bits per heavy atom. The number of carboxylic acid groups (broad SMARTS) is 2. The van der Waals surface area contributed by atoms with E-state index in [0.717, 1.165) is 0 Å². The lowest BCUT2D eigenvalue weighted by Crippen LogP contribution is -2.30. The maximum absolute atomic E-state index is 9.72. The second kappa shape index (κ2) is 20.3. The molecule has 0 amide bonds. The van der Waals surface area contributed by atoms with Gasteiger partial charge in [0.1, 0.15) is 0 Å². The molecule has 1 aromatic rings. The van der Waals surface area contributed by atoms with Crippen LogP contribution in [-0.4, -0.2) is 33.4 Å². The zero-order valence-electron chi connectivity index (χ0n) is 22.4. The molecule has 0 saturated carbocycles. The summed E-state index contributed by atoms with van der Waals surface area (Å²) in [4.78, 5) is 19.4. The fraction of sp³-hybridized carbons (Fsp3) is 0.724. The number of aliphatic carboxylic acids is 2. The van der Waals surface area contributed by atoms with Crippen LogP contribution < -0.4 is 5.73 Å². The molecule has 0 aliphatic heterocycles. The lowest BCUT2D eigenvalue weighted by atomic mass is 9.89. The number of hydrogen-bond donors (Lipinski definition) is 4. The van der Waals surface area contributed by atoms with Gasteiger partial charge >= 0.3 is 11.9 Å². The van der Waals surface area contributed by atoms with E-state index in [4.69, 9.17) is 21.1 Å². The number of unbranched alkanes of at least 4 members (excludes halogenated alkanes) is 13. The first-order chi connectivity index (χ1) is 16.6. The van der Waals surface area contributed by atoms with E-state index in [0.29, 0.717) is 0 Å². The zero-order valence-corrected chi connectivity index (χ0v) is 22.4. The van der Waals surface area contributed by atoms with Crippen molar-refractivity contribution in [3.63, 3.8) is 0 Å². The Labute approximate surface area is 213 Å². The van der Waals surface area contributed by atoms with Crippen LogP contribution in [0.4, 0.5) is 0 Å². The van der Waals surface area contributed by atoms with E-state index in [1.165, 1.54) is 107 Å². The fourth-order valence-electron chi connectivity index (χ4n) is 4.13. The number of benzene rings is 1. The topological polar surface area (TPSA) is 121 Å². The molecule has 1 aromatic carbocycles. The van der Waals surface area contributed by atoms with Gasteiger partial charge in [0.15, 0.2) is 6.10 Å². The third-order valence-electron chi connectivity index (χ3n) is 6.16. The summed E-state index contributed by atoms with van der Waals surface area (Å²) in [5.74, 6) is -2.85. The van der Waals surface area contributed by atoms with Crippen LogP contribution in [-0.2, 0) is 21.5 Å². The van der Waals surface area contributed by atoms with E-state index < -0.39 is 24.5 Å². The van der Waals surface area contributed by atoms with E-state index >= 15 is 0 Å². The van der Waals surface area contributed by atoms with Gasteiger partial charge in [0.05, 0.1) is 6.42 Å². The Bertz CT molecular complexity index is 684. The molecule has 0 bridgehead atoms. The highest BCUT2D eigenvalue weighted by Crippen LogP contribution is 2.23. The minimum absolute atomic E-state index is 0.230. The SMILES string of the molecule is CCCCCCCCCCCCCCCCc1ccccc1C(C)(C)N.O=C(O)CC(O)C(=O)O. The number of aryl methyl sites for hydroxylation is 1. The maximum atomic E-state index is 9.72. The first-order valence-electron chi connectivity index (χ1n) is 13.6. The molecule has 1 atom stereocenters. The van der Waals surface area contributed by atoms with Crippen LogP contribution >= 0.6 is 0 Å². The van der Waals surface area contributed by atoms with Crippen molar-refractivity contribution in [1.82, 2.24) is 0 Å². The molecule has 35 heavy (non-hydrogen) atoms. The molecule has 6 nitrogen and oxygen atoms in total. The molecular formula is C29H51NO5. The Balaban J connectivity index is 0.00000109. The number of aliphatic hydroxyl groups excluding tert-OH is 1. The van der Waals surface area contributed by atoms with Gasteiger partial charge in [-0.3, -0.25) is 4.79 Å². The van der Waals surface area contributed by atoms with Crippen molar-refractivity contribution in [3.8, 4) is 0 Å². The number of carbonyl (C=O) groups is 2. The zero-order chi connectivity index (χ0) is 26.5. The van der Waals surface area contributed by atoms with E-state index in [-0.39, 0.29) is 5.54 Å². The van der Waals surface area contributed by atoms with Crippen molar-refractivity contribution in [1.29, 1.82) is 0 Å². The summed E-state index contributed by atoms with van der Waals surface area (Å²) in [5, 5.41) is 24.1. The van der Waals surface area contributed by atoms with Crippen LogP contribution in [0.1, 0.15) is 128 Å². The van der Waals surface area contributed by atoms with Gasteiger partial charge in [-0.1, -0.05) is 115 Å². The van der Waals surface area contributed by atoms with Gasteiger partial charge in [-0.25, -0.2) is 4.79 Å². The van der Waals surface area contributed by atoms with E-state index in [9.17, 15) is 9.59 Å². The lowest BCUT2D eigenvalue weighted by Gasteiger charge is -2.23. The molecule has 0 spiro atoms. The molecule has 0 fully saturated rings. The standard InChI is InChI=1S/C25H45N.C4H6O5/c1-4-5-6-7-8-9-10-11-12-13-14-15-16-17-20-23-21-18-19-22-24(23)25(2,3)26;5-2(4(8)9)1-3(6)7/h18-19,21-22H,4-17,20,26H2,1-3H3;2,5H,1H2,(H,6,7)(H,8,9). The average Bonchev–Trinajstić information content (AvgIpc) is 2.79. The number of carboxylic acids is 2. The molecule has 202 valence electrons. The number of aliphatic hydroxyl groups is 1. The first-order valence-corrected chi connectivity index (χ1v) is 13.6. The van der Waals surface area contributed by atoms with Gasteiger partial charge < -0.3 is 21.1 Å². The summed E-state index contributed by atoms with van der Waals surface area (Å²) in [6.45, 7) is 6.51. The predicted octanol–water partition coefficient (Wildman–Crippen LogP) is 6.81. The largest absolute Gasteiger partial charge is 0.481 e. The molecule has 0 aliphatic carbocycles. The number of nitrogens with two attached hydrogens (primary N) is 1. The highest BCUT2D eigenvalue weighted by molar-refractivity contribution is 5.79. The van der Waals surface area contributed by atoms with Crippen molar-refractivity contribution in [2.24, 2.45) is 5.73 Å². The smallest absolute Gasteiger partial charge is 0.333 e.